The molecule has 0 unspecified atom stereocenters. The third-order valence-electron chi connectivity index (χ3n) is 1.34. The second-order valence-corrected chi connectivity index (χ2v) is 2.10. The fourth-order valence-corrected chi connectivity index (χ4v) is 0.772. The van der Waals surface area contributed by atoms with Gasteiger partial charge in [-0.15, -0.1) is 0 Å². The molecule has 1 rings (SSSR count). The maximum absolute atomic E-state index is 3.81. The number of hydrogen-bond donors (Lipinski definition) is 1. The summed E-state index contributed by atoms with van der Waals surface area (Å²) in [5.41, 5.74) is 0. The Kier molecular flexibility index (Phi) is 2.11. The molecule has 1 aromatic rings. The van der Waals surface area contributed by atoms with Gasteiger partial charge in [0, 0.05) is 11.5 Å². The van der Waals surface area contributed by atoms with E-state index in [1.54, 1.807) is 0 Å². The van der Waals surface area contributed by atoms with Crippen LogP contribution in [0.1, 0.15) is 6.92 Å². The third kappa shape index (κ3) is 1.38. The average molecular weight is 133 g/mol. The van der Waals surface area contributed by atoms with Gasteiger partial charge in [0.2, 0.25) is 0 Å². The molecule has 0 amide bonds. The normalized spacial score (nSPS) is 13.1. The number of nitrogens with one attached hydrogen (secondary N) is 1. The maximum Gasteiger partial charge on any atom is 0.0380 e. The van der Waals surface area contributed by atoms with Gasteiger partial charge in [0.1, 0.15) is 0 Å². The lowest BCUT2D eigenvalue weighted by Crippen LogP contribution is -2.19. The van der Waals surface area contributed by atoms with Crippen LogP contribution in [-0.4, -0.2) is 4.98 Å². The monoisotopic (exact) mass is 133 g/mol. The summed E-state index contributed by atoms with van der Waals surface area (Å²) < 4.78 is 0. The first-order chi connectivity index (χ1) is 4.84. The standard InChI is InChI=1S/C9H11N/c1-3-4-5-9-6-7-10-8(9)2/h3-7,10H,2H2,1H3/b4-3-,9-5-. The molecule has 0 saturated heterocycles. The first kappa shape index (κ1) is 6.87. The van der Waals surface area contributed by atoms with E-state index in [1.807, 2.05) is 37.4 Å². The summed E-state index contributed by atoms with van der Waals surface area (Å²) in [6, 6.07) is 2.00. The van der Waals surface area contributed by atoms with Gasteiger partial charge in [-0.05, 0) is 18.2 Å². The fraction of sp³-hybridized carbons (Fsp3) is 0.111. The van der Waals surface area contributed by atoms with Crippen molar-refractivity contribution in [2.24, 2.45) is 0 Å². The molecule has 0 radical (unpaired) electrons. The summed E-state index contributed by atoms with van der Waals surface area (Å²) in [6.45, 7) is 5.80. The summed E-state index contributed by atoms with van der Waals surface area (Å²) in [7, 11) is 0. The van der Waals surface area contributed by atoms with Crippen LogP contribution in [0.25, 0.3) is 12.7 Å². The van der Waals surface area contributed by atoms with Crippen molar-refractivity contribution in [1.29, 1.82) is 0 Å². The highest BCUT2D eigenvalue weighted by atomic mass is 14.6. The molecule has 0 atom stereocenters. The zero-order chi connectivity index (χ0) is 7.40. The largest absolute Gasteiger partial charge is 0.362 e. The number of H-pyrrole nitrogens is 1. The van der Waals surface area contributed by atoms with Gasteiger partial charge in [0.05, 0.1) is 0 Å². The van der Waals surface area contributed by atoms with E-state index in [0.717, 1.165) is 10.6 Å². The van der Waals surface area contributed by atoms with E-state index in [4.69, 9.17) is 0 Å². The van der Waals surface area contributed by atoms with Crippen LogP contribution in [-0.2, 0) is 0 Å². The molecule has 0 aromatic carbocycles. The molecule has 0 aliphatic carbocycles. The van der Waals surface area contributed by atoms with Gasteiger partial charge in [-0.2, -0.15) is 0 Å². The highest BCUT2D eigenvalue weighted by molar-refractivity contribution is 5.36. The predicted octanol–water partition coefficient (Wildman–Crippen LogP) is 0.782. The predicted molar refractivity (Wildman–Crippen MR) is 44.8 cm³/mol. The second-order valence-electron chi connectivity index (χ2n) is 2.10. The molecule has 0 spiro atoms. The van der Waals surface area contributed by atoms with Crippen LogP contribution >= 0.6 is 0 Å². The summed E-state index contributed by atoms with van der Waals surface area (Å²) in [5, 5.41) is 2.12. The summed E-state index contributed by atoms with van der Waals surface area (Å²) >= 11 is 0. The summed E-state index contributed by atoms with van der Waals surface area (Å²) in [4.78, 5) is 3.00. The first-order valence-corrected chi connectivity index (χ1v) is 3.30. The highest BCUT2D eigenvalue weighted by Gasteiger charge is 1.77. The van der Waals surface area contributed by atoms with Crippen molar-refractivity contribution in [2.45, 2.75) is 6.92 Å². The van der Waals surface area contributed by atoms with Crippen molar-refractivity contribution < 1.29 is 0 Å². The number of rotatable bonds is 1. The second kappa shape index (κ2) is 3.06. The Bertz CT molecular complexity index is 317. The van der Waals surface area contributed by atoms with Crippen LogP contribution < -0.4 is 10.6 Å². The van der Waals surface area contributed by atoms with E-state index in [2.05, 4.69) is 11.6 Å². The van der Waals surface area contributed by atoms with Gasteiger partial charge in [0.15, 0.2) is 0 Å². The number of aromatic nitrogens is 1. The van der Waals surface area contributed by atoms with Crippen molar-refractivity contribution in [1.82, 2.24) is 4.98 Å². The van der Waals surface area contributed by atoms with Crippen LogP contribution in [0.2, 0.25) is 0 Å². The van der Waals surface area contributed by atoms with Crippen molar-refractivity contribution in [2.75, 3.05) is 0 Å². The minimum Gasteiger partial charge on any atom is -0.362 e. The van der Waals surface area contributed by atoms with E-state index >= 15 is 0 Å². The molecule has 0 fully saturated rings. The quantitative estimate of drug-likeness (QED) is 0.582. The Hall–Kier alpha value is -1.24. The van der Waals surface area contributed by atoms with Crippen LogP contribution in [0.4, 0.5) is 0 Å². The lowest BCUT2D eigenvalue weighted by Gasteiger charge is -1.72. The van der Waals surface area contributed by atoms with Crippen LogP contribution in [0.3, 0.4) is 0 Å². The van der Waals surface area contributed by atoms with Gasteiger partial charge >= 0.3 is 0 Å². The SMILES string of the molecule is C=c1[nH]cc/c1=C/C=C\C. The van der Waals surface area contributed by atoms with E-state index in [1.165, 1.54) is 0 Å². The van der Waals surface area contributed by atoms with E-state index < -0.39 is 0 Å². The molecule has 0 aliphatic heterocycles. The van der Waals surface area contributed by atoms with Crippen molar-refractivity contribution in [3.05, 3.63) is 35.0 Å². The Labute approximate surface area is 60.4 Å². The highest BCUT2D eigenvalue weighted by Crippen LogP contribution is 1.70. The third-order valence-corrected chi connectivity index (χ3v) is 1.34. The molecule has 0 saturated carbocycles. The van der Waals surface area contributed by atoms with Crippen LogP contribution in [0.15, 0.2) is 24.4 Å². The Balaban J connectivity index is 3.16. The number of aromatic amines is 1. The fourth-order valence-electron chi connectivity index (χ4n) is 0.772. The molecular weight excluding hydrogens is 122 g/mol. The molecule has 1 heterocycles. The van der Waals surface area contributed by atoms with Gasteiger partial charge in [-0.3, -0.25) is 0 Å². The molecule has 1 aromatic heterocycles. The van der Waals surface area contributed by atoms with Gasteiger partial charge in [-0.1, -0.05) is 24.8 Å². The lowest BCUT2D eigenvalue weighted by atomic mass is 10.4. The zero-order valence-corrected chi connectivity index (χ0v) is 6.09. The minimum atomic E-state index is 0.970. The van der Waals surface area contributed by atoms with Gasteiger partial charge in [0.25, 0.3) is 0 Å². The molecule has 10 heavy (non-hydrogen) atoms. The topological polar surface area (TPSA) is 15.8 Å². The molecule has 0 aliphatic rings. The molecular formula is C9H11N. The number of allylic oxidation sites excluding steroid dienone is 2. The Morgan fingerprint density at radius 1 is 1.60 bits per heavy atom. The Morgan fingerprint density at radius 2 is 2.40 bits per heavy atom. The summed E-state index contributed by atoms with van der Waals surface area (Å²) in [6.07, 6.45) is 7.90. The van der Waals surface area contributed by atoms with Crippen molar-refractivity contribution in [3.8, 4) is 0 Å². The summed E-state index contributed by atoms with van der Waals surface area (Å²) in [5.74, 6) is 0. The van der Waals surface area contributed by atoms with E-state index in [9.17, 15) is 0 Å². The molecule has 1 nitrogen and oxygen atoms in total. The number of hydrogen-bond acceptors (Lipinski definition) is 0. The van der Waals surface area contributed by atoms with Gasteiger partial charge in [-0.25, -0.2) is 0 Å². The van der Waals surface area contributed by atoms with Crippen molar-refractivity contribution in [3.63, 3.8) is 0 Å². The maximum atomic E-state index is 3.81. The van der Waals surface area contributed by atoms with Crippen LogP contribution in [0.5, 0.6) is 0 Å². The minimum absolute atomic E-state index is 0.970. The zero-order valence-electron chi connectivity index (χ0n) is 6.09. The van der Waals surface area contributed by atoms with Gasteiger partial charge < -0.3 is 4.98 Å². The molecule has 1 N–H and O–H groups in total. The smallest absolute Gasteiger partial charge is 0.0380 e. The molecule has 52 valence electrons. The van der Waals surface area contributed by atoms with E-state index in [-0.39, 0.29) is 0 Å². The molecule has 1 heteroatoms. The van der Waals surface area contributed by atoms with E-state index in [0.29, 0.717) is 0 Å². The molecule has 0 bridgehead atoms. The first-order valence-electron chi connectivity index (χ1n) is 3.30. The average Bonchev–Trinajstić information content (AvgIpc) is 2.31. The Morgan fingerprint density at radius 3 is 2.90 bits per heavy atom. The van der Waals surface area contributed by atoms with Crippen molar-refractivity contribution >= 4 is 12.7 Å². The van der Waals surface area contributed by atoms with Crippen LogP contribution in [0, 0.1) is 0 Å². The lowest BCUT2D eigenvalue weighted by molar-refractivity contribution is 1.33.